The van der Waals surface area contributed by atoms with Gasteiger partial charge in [0.15, 0.2) is 0 Å². The number of rotatable bonds is 6. The van der Waals surface area contributed by atoms with Crippen LogP contribution in [0, 0.1) is 0 Å². The maximum atomic E-state index is 14.0. The molecule has 0 fully saturated rings. The fraction of sp³-hybridized carbons (Fsp3) is 0.483. The molecule has 7 nitrogen and oxygen atoms in total. The fourth-order valence-corrected chi connectivity index (χ4v) is 7.14. The Morgan fingerprint density at radius 3 is 2.42 bits per heavy atom. The van der Waals surface area contributed by atoms with Gasteiger partial charge in [-0.15, -0.1) is 0 Å². The first-order valence-corrected chi connectivity index (χ1v) is 14.4. The second kappa shape index (κ2) is 10.4. The van der Waals surface area contributed by atoms with Crippen LogP contribution in [-0.2, 0) is 30.5 Å². The summed E-state index contributed by atoms with van der Waals surface area (Å²) in [4.78, 5) is 13.3. The normalized spacial score (nSPS) is 20.5. The van der Waals surface area contributed by atoms with Crippen molar-refractivity contribution in [3.63, 3.8) is 0 Å². The van der Waals surface area contributed by atoms with Crippen molar-refractivity contribution in [1.82, 2.24) is 0 Å². The van der Waals surface area contributed by atoms with Crippen molar-refractivity contribution in [2.24, 2.45) is 0 Å². The number of nitrogens with zero attached hydrogens (tertiary/aromatic N) is 2. The van der Waals surface area contributed by atoms with Crippen molar-refractivity contribution in [2.45, 2.75) is 75.3 Å². The van der Waals surface area contributed by atoms with E-state index < -0.39 is 49.9 Å². The molecule has 0 amide bonds. The molecule has 0 N–H and O–H groups in total. The van der Waals surface area contributed by atoms with Gasteiger partial charge >= 0.3 is 12.1 Å². The van der Waals surface area contributed by atoms with Crippen molar-refractivity contribution in [1.29, 1.82) is 0 Å². The maximum Gasteiger partial charge on any atom is 0.416 e. The van der Waals surface area contributed by atoms with E-state index >= 15 is 0 Å². The lowest BCUT2D eigenvalue weighted by Crippen LogP contribution is -2.49. The Labute approximate surface area is 233 Å². The Bertz CT molecular complexity index is 1430. The van der Waals surface area contributed by atoms with Crippen LogP contribution in [0.3, 0.4) is 0 Å². The predicted molar refractivity (Wildman–Crippen MR) is 148 cm³/mol. The Morgan fingerprint density at radius 1 is 1.10 bits per heavy atom. The molecule has 0 aliphatic carbocycles. The topological polar surface area (TPSA) is 76.1 Å². The van der Waals surface area contributed by atoms with E-state index in [9.17, 15) is 26.4 Å². The van der Waals surface area contributed by atoms with E-state index in [1.807, 2.05) is 57.9 Å². The molecule has 1 atom stereocenters. The van der Waals surface area contributed by atoms with Gasteiger partial charge in [0.25, 0.3) is 10.0 Å². The molecule has 0 unspecified atom stereocenters. The molecule has 0 aromatic heterocycles. The monoisotopic (exact) mass is 580 g/mol. The first kappa shape index (κ1) is 29.9. The van der Waals surface area contributed by atoms with E-state index in [4.69, 9.17) is 9.47 Å². The molecule has 0 spiro atoms. The summed E-state index contributed by atoms with van der Waals surface area (Å²) < 4.78 is 80.5. The van der Waals surface area contributed by atoms with Crippen LogP contribution in [-0.4, -0.2) is 52.3 Å². The summed E-state index contributed by atoms with van der Waals surface area (Å²) in [5.74, 6) is -0.432. The second-order valence-electron chi connectivity index (χ2n) is 11.5. The van der Waals surface area contributed by atoms with Crippen LogP contribution >= 0.6 is 0 Å². The van der Waals surface area contributed by atoms with Crippen molar-refractivity contribution >= 4 is 32.9 Å². The lowest BCUT2D eigenvalue weighted by Gasteiger charge is -2.43. The molecule has 0 bridgehead atoms. The van der Waals surface area contributed by atoms with E-state index in [1.54, 1.807) is 6.07 Å². The summed E-state index contributed by atoms with van der Waals surface area (Å²) in [5.41, 5.74) is 0.678. The number of ether oxygens (including phenoxy) is 2. The standard InChI is InChI=1S/C29H35F3N2O5S/c1-27(2)16-20(17-28(3,4)39-27)19-10-12-24-25(14-19)34(18-22(33(24)5)11-13-26(35)38-6)40(36,37)23-9-7-8-21(15-23)29(30,31)32/h7-10,12,14-16,22H,11,13,17-18H2,1-6H3/t22-/m0/s1. The molecular weight excluding hydrogens is 545 g/mol. The zero-order chi connectivity index (χ0) is 29.7. The maximum absolute atomic E-state index is 14.0. The molecule has 0 saturated heterocycles. The lowest BCUT2D eigenvalue weighted by molar-refractivity contribution is -0.141. The van der Waals surface area contributed by atoms with Crippen molar-refractivity contribution in [3.8, 4) is 0 Å². The summed E-state index contributed by atoms with van der Waals surface area (Å²) in [6.07, 6.45) is -1.74. The van der Waals surface area contributed by atoms with E-state index in [-0.39, 0.29) is 13.0 Å². The number of anilines is 2. The first-order valence-electron chi connectivity index (χ1n) is 13.0. The number of likely N-dealkylation sites (N-methyl/N-ethyl adjacent to an activating group) is 1. The highest BCUT2D eigenvalue weighted by Gasteiger charge is 2.39. The number of sulfonamides is 1. The van der Waals surface area contributed by atoms with Gasteiger partial charge < -0.3 is 14.4 Å². The minimum atomic E-state index is -4.70. The summed E-state index contributed by atoms with van der Waals surface area (Å²) in [6.45, 7) is 7.84. The van der Waals surface area contributed by atoms with Gasteiger partial charge in [-0.25, -0.2) is 8.42 Å². The van der Waals surface area contributed by atoms with Crippen molar-refractivity contribution in [3.05, 3.63) is 59.7 Å². The van der Waals surface area contributed by atoms with Gasteiger partial charge in [-0.2, -0.15) is 13.2 Å². The van der Waals surface area contributed by atoms with Gasteiger partial charge in [0.2, 0.25) is 0 Å². The number of hydrogen-bond acceptors (Lipinski definition) is 6. The number of esters is 1. The summed E-state index contributed by atoms with van der Waals surface area (Å²) in [5, 5.41) is 0. The summed E-state index contributed by atoms with van der Waals surface area (Å²) >= 11 is 0. The fourth-order valence-electron chi connectivity index (χ4n) is 5.58. The number of hydrogen-bond donors (Lipinski definition) is 0. The zero-order valence-corrected chi connectivity index (χ0v) is 24.3. The molecule has 4 rings (SSSR count). The van der Waals surface area contributed by atoms with E-state index in [1.165, 1.54) is 17.5 Å². The third-order valence-electron chi connectivity index (χ3n) is 7.26. The highest BCUT2D eigenvalue weighted by molar-refractivity contribution is 7.92. The molecule has 2 aromatic rings. The minimum Gasteiger partial charge on any atom is -0.469 e. The molecule has 2 aliphatic rings. The number of carbonyl (C=O) groups is 1. The number of alkyl halides is 3. The molecule has 2 aliphatic heterocycles. The number of halogens is 3. The quantitative estimate of drug-likeness (QED) is 0.388. The van der Waals surface area contributed by atoms with Gasteiger partial charge in [0.1, 0.15) is 0 Å². The van der Waals surface area contributed by atoms with Gasteiger partial charge in [0.05, 0.1) is 46.7 Å². The van der Waals surface area contributed by atoms with Crippen LogP contribution in [0.25, 0.3) is 5.57 Å². The molecule has 40 heavy (non-hydrogen) atoms. The predicted octanol–water partition coefficient (Wildman–Crippen LogP) is 6.03. The highest BCUT2D eigenvalue weighted by atomic mass is 32.2. The van der Waals surface area contributed by atoms with Gasteiger partial charge in [0, 0.05) is 25.9 Å². The molecule has 0 radical (unpaired) electrons. The van der Waals surface area contributed by atoms with E-state index in [0.29, 0.717) is 30.3 Å². The molecule has 2 heterocycles. The highest BCUT2D eigenvalue weighted by Crippen LogP contribution is 2.44. The van der Waals surface area contributed by atoms with Crippen LogP contribution in [0.2, 0.25) is 0 Å². The van der Waals surface area contributed by atoms with Gasteiger partial charge in [-0.1, -0.05) is 12.1 Å². The number of fused-ring (bicyclic) bond motifs is 1. The van der Waals surface area contributed by atoms with Crippen molar-refractivity contribution < 1.29 is 35.9 Å². The van der Waals surface area contributed by atoms with E-state index in [0.717, 1.165) is 23.3 Å². The van der Waals surface area contributed by atoms with E-state index in [2.05, 4.69) is 0 Å². The smallest absolute Gasteiger partial charge is 0.416 e. The average molecular weight is 581 g/mol. The van der Waals surface area contributed by atoms with Crippen LogP contribution in [0.4, 0.5) is 24.5 Å². The molecule has 0 saturated carbocycles. The van der Waals surface area contributed by atoms with Gasteiger partial charge in [-0.05, 0) is 81.7 Å². The number of methoxy groups -OCH3 is 1. The lowest BCUT2D eigenvalue weighted by atomic mass is 9.85. The minimum absolute atomic E-state index is 0.0539. The van der Waals surface area contributed by atoms with Crippen LogP contribution < -0.4 is 9.21 Å². The largest absolute Gasteiger partial charge is 0.469 e. The van der Waals surface area contributed by atoms with Gasteiger partial charge in [-0.3, -0.25) is 9.10 Å². The van der Waals surface area contributed by atoms with Crippen LogP contribution in [0.15, 0.2) is 53.4 Å². The molecule has 218 valence electrons. The summed E-state index contributed by atoms with van der Waals surface area (Å²) in [6, 6.07) is 8.85. The SMILES string of the molecule is COC(=O)CC[C@H]1CN(S(=O)(=O)c2cccc(C(F)(F)F)c2)c2cc(C3=CC(C)(C)OC(C)(C)C3)ccc2N1C. The number of benzene rings is 2. The third-order valence-corrected chi connectivity index (χ3v) is 9.03. The van der Waals surface area contributed by atoms with Crippen LogP contribution in [0.1, 0.15) is 58.1 Å². The Kier molecular flexibility index (Phi) is 7.79. The third kappa shape index (κ3) is 6.15. The average Bonchev–Trinajstić information content (AvgIpc) is 2.85. The first-order chi connectivity index (χ1) is 18.4. The zero-order valence-electron chi connectivity index (χ0n) is 23.5. The van der Waals surface area contributed by atoms with Crippen molar-refractivity contribution in [2.75, 3.05) is 29.9 Å². The second-order valence-corrected chi connectivity index (χ2v) is 13.3. The van der Waals surface area contributed by atoms with Crippen LogP contribution in [0.5, 0.6) is 0 Å². The molecule has 2 aromatic carbocycles. The number of carbonyl (C=O) groups excluding carboxylic acids is 1. The summed E-state index contributed by atoms with van der Waals surface area (Å²) in [7, 11) is -1.31. The molecular formula is C29H35F3N2O5S. The molecule has 11 heteroatoms. The Morgan fingerprint density at radius 2 is 1.80 bits per heavy atom. The Balaban J connectivity index is 1.84. The Hall–Kier alpha value is -3.05.